The van der Waals surface area contributed by atoms with Gasteiger partial charge >= 0.3 is 0 Å². The average molecular weight is 539 g/mol. The zero-order valence-corrected chi connectivity index (χ0v) is 20.0. The van der Waals surface area contributed by atoms with Gasteiger partial charge in [0.1, 0.15) is 17.9 Å². The first-order valence-corrected chi connectivity index (χ1v) is 10.00. The Hall–Kier alpha value is -2.47. The van der Waals surface area contributed by atoms with Crippen molar-refractivity contribution in [3.05, 3.63) is 65.8 Å². The van der Waals surface area contributed by atoms with E-state index in [9.17, 15) is 4.39 Å². The molecule has 0 bridgehead atoms. The van der Waals surface area contributed by atoms with Crippen LogP contribution in [-0.2, 0) is 13.1 Å². The Morgan fingerprint density at radius 1 is 1.23 bits per heavy atom. The third-order valence-corrected chi connectivity index (χ3v) is 5.31. The lowest BCUT2D eigenvalue weighted by atomic mass is 10.2. The minimum atomic E-state index is -0.271. The lowest BCUT2D eigenvalue weighted by molar-refractivity contribution is 0.169. The summed E-state index contributed by atoms with van der Waals surface area (Å²) in [5.41, 5.74) is 2.31. The molecule has 3 aromatic rings. The van der Waals surface area contributed by atoms with Crippen LogP contribution >= 0.6 is 24.0 Å². The van der Waals surface area contributed by atoms with Crippen LogP contribution in [0.3, 0.4) is 0 Å². The molecular weight excluding hydrogens is 512 g/mol. The molecule has 0 spiro atoms. The van der Waals surface area contributed by atoms with E-state index in [1.807, 2.05) is 19.1 Å². The highest BCUT2D eigenvalue weighted by Crippen LogP contribution is 2.17. The van der Waals surface area contributed by atoms with Gasteiger partial charge in [-0.25, -0.2) is 9.37 Å². The Morgan fingerprint density at radius 2 is 2.03 bits per heavy atom. The fourth-order valence-electron chi connectivity index (χ4n) is 3.67. The van der Waals surface area contributed by atoms with Crippen molar-refractivity contribution >= 4 is 29.9 Å². The van der Waals surface area contributed by atoms with Gasteiger partial charge in [-0.05, 0) is 24.6 Å². The number of imidazole rings is 1. The lowest BCUT2D eigenvalue weighted by Crippen LogP contribution is -2.52. The van der Waals surface area contributed by atoms with Crippen LogP contribution in [-0.4, -0.2) is 63.7 Å². The van der Waals surface area contributed by atoms with Gasteiger partial charge in [0.2, 0.25) is 0 Å². The van der Waals surface area contributed by atoms with E-state index in [0.717, 1.165) is 55.8 Å². The van der Waals surface area contributed by atoms with Crippen LogP contribution < -0.4 is 5.32 Å². The monoisotopic (exact) mass is 539 g/mol. The number of piperazine rings is 1. The highest BCUT2D eigenvalue weighted by molar-refractivity contribution is 14.0. The van der Waals surface area contributed by atoms with Crippen molar-refractivity contribution in [3.63, 3.8) is 0 Å². The first kappa shape index (κ1) is 23.2. The molecule has 1 aromatic carbocycles. The van der Waals surface area contributed by atoms with Gasteiger partial charge in [0.15, 0.2) is 5.96 Å². The Morgan fingerprint density at radius 3 is 2.65 bits per heavy atom. The smallest absolute Gasteiger partial charge is 0.194 e. The van der Waals surface area contributed by atoms with Crippen molar-refractivity contribution in [1.82, 2.24) is 29.8 Å². The zero-order valence-electron chi connectivity index (χ0n) is 17.7. The minimum Gasteiger partial charge on any atom is -0.364 e. The van der Waals surface area contributed by atoms with Gasteiger partial charge in [-0.2, -0.15) is 0 Å². The van der Waals surface area contributed by atoms with Crippen LogP contribution in [0.15, 0.2) is 52.4 Å². The fraction of sp³-hybridized carbons (Fsp3) is 0.381. The van der Waals surface area contributed by atoms with E-state index >= 15 is 0 Å². The first-order chi connectivity index (χ1) is 14.6. The molecule has 4 rings (SSSR count). The van der Waals surface area contributed by atoms with Gasteiger partial charge in [-0.3, -0.25) is 9.89 Å². The molecule has 166 valence electrons. The van der Waals surface area contributed by atoms with E-state index in [2.05, 4.69) is 30.2 Å². The van der Waals surface area contributed by atoms with Crippen molar-refractivity contribution in [2.75, 3.05) is 33.2 Å². The predicted octanol–water partition coefficient (Wildman–Crippen LogP) is 2.82. The van der Waals surface area contributed by atoms with Gasteiger partial charge in [0.05, 0.1) is 11.4 Å². The average Bonchev–Trinajstić information content (AvgIpc) is 3.41. The second-order valence-electron chi connectivity index (χ2n) is 7.28. The number of halogens is 2. The standard InChI is InChI=1S/C21H26FN7O.HI/c1-16-24-6-7-29(16)20-4-3-17(13-19(20)22)14-25-21(23-2)28-10-8-27(9-11-28)15-18-5-12-30-26-18;/h3-7,12-13H,8-11,14-15H2,1-2H3,(H,23,25);1H. The van der Waals surface area contributed by atoms with Crippen molar-refractivity contribution < 1.29 is 8.91 Å². The van der Waals surface area contributed by atoms with Crippen LogP contribution in [0.25, 0.3) is 5.69 Å². The summed E-state index contributed by atoms with van der Waals surface area (Å²) in [5.74, 6) is 1.31. The number of hydrogen-bond acceptors (Lipinski definition) is 5. The number of aliphatic imine (C=N–C) groups is 1. The molecule has 0 radical (unpaired) electrons. The largest absolute Gasteiger partial charge is 0.364 e. The van der Waals surface area contributed by atoms with Crippen LogP contribution in [0.2, 0.25) is 0 Å². The zero-order chi connectivity index (χ0) is 20.9. The summed E-state index contributed by atoms with van der Waals surface area (Å²) < 4.78 is 21.3. The third kappa shape index (κ3) is 5.62. The van der Waals surface area contributed by atoms with Gasteiger partial charge in [0, 0.05) is 64.8 Å². The third-order valence-electron chi connectivity index (χ3n) is 5.31. The Kier molecular flexibility index (Phi) is 8.02. The fourth-order valence-corrected chi connectivity index (χ4v) is 3.67. The molecule has 0 saturated carbocycles. The predicted molar refractivity (Wildman–Crippen MR) is 127 cm³/mol. The number of rotatable bonds is 5. The second kappa shape index (κ2) is 10.7. The van der Waals surface area contributed by atoms with Gasteiger partial charge in [0.25, 0.3) is 0 Å². The molecule has 0 unspecified atom stereocenters. The summed E-state index contributed by atoms with van der Waals surface area (Å²) in [6.07, 6.45) is 5.03. The van der Waals surface area contributed by atoms with Crippen molar-refractivity contribution in [1.29, 1.82) is 0 Å². The Bertz CT molecular complexity index is 997. The highest BCUT2D eigenvalue weighted by Gasteiger charge is 2.20. The normalized spacial score (nSPS) is 15.1. The topological polar surface area (TPSA) is 74.7 Å². The summed E-state index contributed by atoms with van der Waals surface area (Å²) in [5, 5.41) is 7.33. The first-order valence-electron chi connectivity index (χ1n) is 10.00. The molecule has 0 aliphatic carbocycles. The SMILES string of the molecule is CN=C(NCc1ccc(-n2ccnc2C)c(F)c1)N1CCN(Cc2ccon2)CC1.I. The van der Waals surface area contributed by atoms with Gasteiger partial charge in [-0.15, -0.1) is 24.0 Å². The molecule has 1 N–H and O–H groups in total. The molecule has 1 fully saturated rings. The van der Waals surface area contributed by atoms with E-state index in [-0.39, 0.29) is 29.8 Å². The molecule has 2 aromatic heterocycles. The van der Waals surface area contributed by atoms with Crippen LogP contribution in [0.1, 0.15) is 17.1 Å². The molecule has 8 nitrogen and oxygen atoms in total. The molecule has 3 heterocycles. The van der Waals surface area contributed by atoms with Crippen LogP contribution in [0.4, 0.5) is 4.39 Å². The highest BCUT2D eigenvalue weighted by atomic mass is 127. The number of guanidine groups is 1. The summed E-state index contributed by atoms with van der Waals surface area (Å²) in [7, 11) is 1.77. The second-order valence-corrected chi connectivity index (χ2v) is 7.28. The van der Waals surface area contributed by atoms with E-state index in [1.54, 1.807) is 42.4 Å². The maximum atomic E-state index is 14.6. The molecule has 31 heavy (non-hydrogen) atoms. The summed E-state index contributed by atoms with van der Waals surface area (Å²) in [4.78, 5) is 13.1. The van der Waals surface area contributed by atoms with Crippen molar-refractivity contribution in [2.45, 2.75) is 20.0 Å². The number of aryl methyl sites for hydroxylation is 1. The molecule has 1 saturated heterocycles. The molecule has 0 amide bonds. The molecule has 1 aliphatic heterocycles. The van der Waals surface area contributed by atoms with Gasteiger partial charge in [-0.1, -0.05) is 11.2 Å². The van der Waals surface area contributed by atoms with Crippen LogP contribution in [0.5, 0.6) is 0 Å². The molecule has 1 aliphatic rings. The minimum absolute atomic E-state index is 0. The Balaban J connectivity index is 0.00000272. The molecular formula is C21H27FIN7O. The quantitative estimate of drug-likeness (QED) is 0.306. The van der Waals surface area contributed by atoms with Crippen molar-refractivity contribution in [2.24, 2.45) is 4.99 Å². The summed E-state index contributed by atoms with van der Waals surface area (Å²) >= 11 is 0. The number of nitrogens with one attached hydrogen (secondary N) is 1. The number of benzene rings is 1. The number of nitrogens with zero attached hydrogens (tertiary/aromatic N) is 6. The summed E-state index contributed by atoms with van der Waals surface area (Å²) in [6, 6.07) is 7.16. The summed E-state index contributed by atoms with van der Waals surface area (Å²) in [6.45, 7) is 6.71. The van der Waals surface area contributed by atoms with E-state index < -0.39 is 0 Å². The molecule has 0 atom stereocenters. The Labute approximate surface area is 198 Å². The number of hydrogen-bond donors (Lipinski definition) is 1. The van der Waals surface area contributed by atoms with E-state index in [1.165, 1.54) is 0 Å². The lowest BCUT2D eigenvalue weighted by Gasteiger charge is -2.36. The van der Waals surface area contributed by atoms with E-state index in [4.69, 9.17) is 4.52 Å². The maximum absolute atomic E-state index is 14.6. The van der Waals surface area contributed by atoms with E-state index in [0.29, 0.717) is 12.2 Å². The van der Waals surface area contributed by atoms with Crippen molar-refractivity contribution in [3.8, 4) is 5.69 Å². The maximum Gasteiger partial charge on any atom is 0.194 e. The van der Waals surface area contributed by atoms with Crippen LogP contribution in [0, 0.1) is 12.7 Å². The molecule has 10 heteroatoms. The van der Waals surface area contributed by atoms with Gasteiger partial charge < -0.3 is 19.3 Å². The number of aromatic nitrogens is 3.